The molecule has 0 unspecified atom stereocenters. The van der Waals surface area contributed by atoms with Crippen molar-refractivity contribution in [3.05, 3.63) is 47.3 Å². The monoisotopic (exact) mass is 402 g/mol. The summed E-state index contributed by atoms with van der Waals surface area (Å²) in [5.74, 6) is 0.809. The summed E-state index contributed by atoms with van der Waals surface area (Å²) in [6.45, 7) is 6.07. The topological polar surface area (TPSA) is 92.7 Å². The van der Waals surface area contributed by atoms with E-state index in [0.29, 0.717) is 17.0 Å². The Bertz CT molecular complexity index is 819. The molecule has 9 heteroatoms. The van der Waals surface area contributed by atoms with Gasteiger partial charge in [0, 0.05) is 31.3 Å². The van der Waals surface area contributed by atoms with Gasteiger partial charge in [-0.3, -0.25) is 5.32 Å². The van der Waals surface area contributed by atoms with E-state index in [1.165, 1.54) is 0 Å². The van der Waals surface area contributed by atoms with Crippen LogP contribution in [0.4, 0.5) is 11.6 Å². The third-order valence-electron chi connectivity index (χ3n) is 3.76. The van der Waals surface area contributed by atoms with Gasteiger partial charge in [0.05, 0.1) is 6.54 Å². The van der Waals surface area contributed by atoms with E-state index in [9.17, 15) is 0 Å². The number of hydrogen-bond donors (Lipinski definition) is 3. The number of nitrogens with one attached hydrogen (secondary N) is 3. The van der Waals surface area contributed by atoms with E-state index in [2.05, 4.69) is 30.9 Å². The maximum Gasteiger partial charge on any atom is 0.229 e. The quantitative estimate of drug-likeness (QED) is 0.294. The molecule has 2 aromatic rings. The highest BCUT2D eigenvalue weighted by Gasteiger charge is 2.10. The van der Waals surface area contributed by atoms with Crippen molar-refractivity contribution in [3.63, 3.8) is 0 Å². The molecular weight excluding hydrogens is 376 g/mol. The van der Waals surface area contributed by atoms with Crippen molar-refractivity contribution in [1.82, 2.24) is 15.3 Å². The molecule has 3 N–H and O–H groups in total. The van der Waals surface area contributed by atoms with Crippen LogP contribution >= 0.6 is 12.2 Å². The van der Waals surface area contributed by atoms with E-state index < -0.39 is 6.29 Å². The SMILES string of the molecule is COC(CN=C(NC(=S)Nc1ccccc1C)Nc1nc(C)cc(C)n1)OC. The summed E-state index contributed by atoms with van der Waals surface area (Å²) < 4.78 is 10.4. The van der Waals surface area contributed by atoms with Crippen molar-refractivity contribution in [2.75, 3.05) is 31.4 Å². The van der Waals surface area contributed by atoms with E-state index in [1.54, 1.807) is 14.2 Å². The van der Waals surface area contributed by atoms with Gasteiger partial charge in [0.1, 0.15) is 0 Å². The number of thiocarbonyl (C=S) groups is 1. The molecule has 0 aliphatic rings. The number of nitrogens with zero attached hydrogens (tertiary/aromatic N) is 3. The molecule has 2 rings (SSSR count). The van der Waals surface area contributed by atoms with Crippen molar-refractivity contribution < 1.29 is 9.47 Å². The van der Waals surface area contributed by atoms with Gasteiger partial charge in [0.25, 0.3) is 0 Å². The van der Waals surface area contributed by atoms with E-state index >= 15 is 0 Å². The largest absolute Gasteiger partial charge is 0.354 e. The molecule has 0 fully saturated rings. The molecule has 1 aromatic heterocycles. The zero-order valence-electron chi connectivity index (χ0n) is 16.7. The number of aryl methyl sites for hydroxylation is 3. The number of rotatable bonds is 6. The van der Waals surface area contributed by atoms with E-state index in [1.807, 2.05) is 51.1 Å². The Morgan fingerprint density at radius 2 is 1.71 bits per heavy atom. The highest BCUT2D eigenvalue weighted by atomic mass is 32.1. The van der Waals surface area contributed by atoms with Crippen LogP contribution in [0.2, 0.25) is 0 Å². The summed E-state index contributed by atoms with van der Waals surface area (Å²) in [5.41, 5.74) is 3.69. The molecule has 150 valence electrons. The zero-order valence-corrected chi connectivity index (χ0v) is 17.6. The number of ether oxygens (including phenoxy) is 2. The zero-order chi connectivity index (χ0) is 20.5. The summed E-state index contributed by atoms with van der Waals surface area (Å²) >= 11 is 5.43. The van der Waals surface area contributed by atoms with Crippen molar-refractivity contribution in [2.24, 2.45) is 4.99 Å². The Morgan fingerprint density at radius 1 is 1.07 bits per heavy atom. The molecule has 1 heterocycles. The third kappa shape index (κ3) is 6.84. The lowest BCUT2D eigenvalue weighted by atomic mass is 10.2. The molecular formula is C19H26N6O2S. The molecule has 8 nitrogen and oxygen atoms in total. The second-order valence-corrected chi connectivity index (χ2v) is 6.49. The van der Waals surface area contributed by atoms with Crippen LogP contribution in [0.25, 0.3) is 0 Å². The maximum absolute atomic E-state index is 5.43. The predicted octanol–water partition coefficient (Wildman–Crippen LogP) is 2.78. The molecule has 0 saturated heterocycles. The summed E-state index contributed by atoms with van der Waals surface area (Å²) in [6.07, 6.45) is -0.475. The number of guanidine groups is 1. The Hall–Kier alpha value is -2.62. The fourth-order valence-electron chi connectivity index (χ4n) is 2.38. The van der Waals surface area contributed by atoms with Crippen LogP contribution in [-0.4, -0.2) is 48.1 Å². The first-order chi connectivity index (χ1) is 13.4. The van der Waals surface area contributed by atoms with E-state index in [4.69, 9.17) is 21.7 Å². The van der Waals surface area contributed by atoms with Crippen molar-refractivity contribution in [3.8, 4) is 0 Å². The van der Waals surface area contributed by atoms with E-state index in [0.717, 1.165) is 22.6 Å². The average molecular weight is 403 g/mol. The van der Waals surface area contributed by atoms with Crippen LogP contribution in [-0.2, 0) is 9.47 Å². The number of benzene rings is 1. The minimum absolute atomic E-state index is 0.264. The van der Waals surface area contributed by atoms with Crippen molar-refractivity contribution in [1.29, 1.82) is 0 Å². The first kappa shape index (κ1) is 21.7. The van der Waals surface area contributed by atoms with Crippen LogP contribution in [0.1, 0.15) is 17.0 Å². The first-order valence-electron chi connectivity index (χ1n) is 8.74. The van der Waals surface area contributed by atoms with Crippen LogP contribution in [0.15, 0.2) is 35.3 Å². The van der Waals surface area contributed by atoms with Gasteiger partial charge in [-0.05, 0) is 50.7 Å². The second kappa shape index (κ2) is 10.6. The lowest BCUT2D eigenvalue weighted by molar-refractivity contribution is -0.0937. The normalized spacial score (nSPS) is 11.4. The standard InChI is InChI=1S/C19H26N6O2S/c1-12-8-6-7-9-15(12)23-19(28)25-17(20-11-16(26-4)27-5)24-18-21-13(2)10-14(3)22-18/h6-10,16H,11H2,1-5H3,(H3,20,21,22,23,24,25,28). The van der Waals surface area contributed by atoms with Gasteiger partial charge < -0.3 is 20.1 Å². The minimum Gasteiger partial charge on any atom is -0.354 e. The Labute approximate surface area is 170 Å². The number of para-hydroxylation sites is 1. The molecule has 0 aliphatic heterocycles. The molecule has 0 spiro atoms. The second-order valence-electron chi connectivity index (χ2n) is 6.08. The lowest BCUT2D eigenvalue weighted by Crippen LogP contribution is -2.40. The van der Waals surface area contributed by atoms with Gasteiger partial charge >= 0.3 is 0 Å². The molecule has 0 radical (unpaired) electrons. The lowest BCUT2D eigenvalue weighted by Gasteiger charge is -2.16. The Balaban J connectivity index is 2.16. The van der Waals surface area contributed by atoms with Gasteiger partial charge in [-0.1, -0.05) is 18.2 Å². The summed E-state index contributed by atoms with van der Waals surface area (Å²) in [7, 11) is 3.11. The van der Waals surface area contributed by atoms with E-state index in [-0.39, 0.29) is 6.54 Å². The number of methoxy groups -OCH3 is 2. The highest BCUT2D eigenvalue weighted by Crippen LogP contribution is 2.12. The number of aromatic nitrogens is 2. The molecule has 1 aromatic carbocycles. The fraction of sp³-hybridized carbons (Fsp3) is 0.368. The average Bonchev–Trinajstić information content (AvgIpc) is 2.63. The summed E-state index contributed by atoms with van der Waals surface area (Å²) in [4.78, 5) is 13.2. The van der Waals surface area contributed by atoms with Crippen LogP contribution in [0, 0.1) is 20.8 Å². The van der Waals surface area contributed by atoms with Crippen LogP contribution in [0.5, 0.6) is 0 Å². The highest BCUT2D eigenvalue weighted by molar-refractivity contribution is 7.80. The van der Waals surface area contributed by atoms with Crippen molar-refractivity contribution in [2.45, 2.75) is 27.1 Å². The third-order valence-corrected chi connectivity index (χ3v) is 3.97. The smallest absolute Gasteiger partial charge is 0.229 e. The van der Waals surface area contributed by atoms with Gasteiger partial charge in [-0.2, -0.15) is 0 Å². The first-order valence-corrected chi connectivity index (χ1v) is 9.15. The molecule has 28 heavy (non-hydrogen) atoms. The van der Waals surface area contributed by atoms with Gasteiger partial charge in [-0.15, -0.1) is 0 Å². The van der Waals surface area contributed by atoms with Crippen LogP contribution < -0.4 is 16.0 Å². The number of aliphatic imine (C=N–C) groups is 1. The molecule has 0 aliphatic carbocycles. The molecule has 0 bridgehead atoms. The number of anilines is 2. The Morgan fingerprint density at radius 3 is 2.32 bits per heavy atom. The number of hydrogen-bond acceptors (Lipinski definition) is 6. The predicted molar refractivity (Wildman–Crippen MR) is 116 cm³/mol. The maximum atomic E-state index is 5.43. The molecule has 0 amide bonds. The summed E-state index contributed by atoms with van der Waals surface area (Å²) in [6, 6.07) is 9.76. The Kier molecular flexibility index (Phi) is 8.24. The van der Waals surface area contributed by atoms with Crippen LogP contribution in [0.3, 0.4) is 0 Å². The minimum atomic E-state index is -0.475. The van der Waals surface area contributed by atoms with Gasteiger partial charge in [-0.25, -0.2) is 15.0 Å². The molecule has 0 atom stereocenters. The van der Waals surface area contributed by atoms with Gasteiger partial charge in [0.2, 0.25) is 11.9 Å². The summed E-state index contributed by atoms with van der Waals surface area (Å²) in [5, 5.41) is 9.67. The fourth-order valence-corrected chi connectivity index (χ4v) is 2.59. The van der Waals surface area contributed by atoms with Crippen molar-refractivity contribution >= 4 is 34.9 Å². The molecule has 0 saturated carbocycles. The van der Waals surface area contributed by atoms with Gasteiger partial charge in [0.15, 0.2) is 11.4 Å².